The first-order chi connectivity index (χ1) is 5.55. The van der Waals surface area contributed by atoms with E-state index in [4.69, 9.17) is 0 Å². The van der Waals surface area contributed by atoms with Crippen molar-refractivity contribution < 1.29 is 5.11 Å². The fourth-order valence-corrected chi connectivity index (χ4v) is 2.16. The van der Waals surface area contributed by atoms with E-state index in [2.05, 4.69) is 13.8 Å². The van der Waals surface area contributed by atoms with Gasteiger partial charge in [-0.1, -0.05) is 33.1 Å². The molecule has 1 aliphatic carbocycles. The monoisotopic (exact) mass is 170 g/mol. The summed E-state index contributed by atoms with van der Waals surface area (Å²) in [5, 5.41) is 10.2. The summed E-state index contributed by atoms with van der Waals surface area (Å²) in [4.78, 5) is 0. The highest BCUT2D eigenvalue weighted by atomic mass is 16.3. The average Bonchev–Trinajstić information content (AvgIpc) is 2.06. The molecule has 1 N–H and O–H groups in total. The van der Waals surface area contributed by atoms with Crippen molar-refractivity contribution in [2.75, 3.05) is 0 Å². The lowest BCUT2D eigenvalue weighted by molar-refractivity contribution is -0.0544. The van der Waals surface area contributed by atoms with Crippen LogP contribution in [0.2, 0.25) is 0 Å². The molecule has 0 radical (unpaired) electrons. The predicted octanol–water partition coefficient (Wildman–Crippen LogP) is 2.97. The molecule has 0 unspecified atom stereocenters. The first-order valence-corrected chi connectivity index (χ1v) is 5.27. The second-order valence-electron chi connectivity index (χ2n) is 4.72. The standard InChI is InChI=1S/C11H22O/c1-9(2)11(3,12)10-7-5-4-6-8-10/h9-10,12H,4-8H2,1-3H3/t11-/m1/s1. The number of hydrogen-bond donors (Lipinski definition) is 1. The topological polar surface area (TPSA) is 20.2 Å². The quantitative estimate of drug-likeness (QED) is 0.675. The van der Waals surface area contributed by atoms with Gasteiger partial charge in [0.2, 0.25) is 0 Å². The minimum atomic E-state index is -0.430. The Labute approximate surface area is 76.2 Å². The van der Waals surface area contributed by atoms with Gasteiger partial charge in [0, 0.05) is 0 Å². The lowest BCUT2D eigenvalue weighted by Gasteiger charge is -2.38. The van der Waals surface area contributed by atoms with Crippen LogP contribution in [0, 0.1) is 11.8 Å². The summed E-state index contributed by atoms with van der Waals surface area (Å²) in [6.07, 6.45) is 6.45. The molecule has 0 aromatic rings. The summed E-state index contributed by atoms with van der Waals surface area (Å²) >= 11 is 0. The van der Waals surface area contributed by atoms with Gasteiger partial charge in [0.1, 0.15) is 0 Å². The van der Waals surface area contributed by atoms with Gasteiger partial charge in [-0.05, 0) is 31.6 Å². The summed E-state index contributed by atoms with van der Waals surface area (Å²) in [5.74, 6) is 0.937. The Bertz CT molecular complexity index is 132. The van der Waals surface area contributed by atoms with Crippen LogP contribution in [0.3, 0.4) is 0 Å². The third-order valence-corrected chi connectivity index (χ3v) is 3.60. The molecule has 1 heteroatoms. The van der Waals surface area contributed by atoms with Crippen molar-refractivity contribution >= 4 is 0 Å². The molecule has 1 fully saturated rings. The highest BCUT2D eigenvalue weighted by molar-refractivity contribution is 4.86. The van der Waals surface area contributed by atoms with Crippen LogP contribution < -0.4 is 0 Å². The van der Waals surface area contributed by atoms with Crippen molar-refractivity contribution in [3.63, 3.8) is 0 Å². The van der Waals surface area contributed by atoms with Crippen LogP contribution >= 0.6 is 0 Å². The Balaban J connectivity index is 2.53. The maximum absolute atomic E-state index is 10.2. The zero-order valence-electron chi connectivity index (χ0n) is 8.64. The summed E-state index contributed by atoms with van der Waals surface area (Å²) in [6, 6.07) is 0. The smallest absolute Gasteiger partial charge is 0.0670 e. The van der Waals surface area contributed by atoms with Crippen molar-refractivity contribution in [1.29, 1.82) is 0 Å². The van der Waals surface area contributed by atoms with Gasteiger partial charge in [-0.2, -0.15) is 0 Å². The van der Waals surface area contributed by atoms with E-state index < -0.39 is 5.60 Å². The Kier molecular flexibility index (Phi) is 3.16. The molecular weight excluding hydrogens is 148 g/mol. The van der Waals surface area contributed by atoms with E-state index in [0.29, 0.717) is 11.8 Å². The fourth-order valence-electron chi connectivity index (χ4n) is 2.16. The van der Waals surface area contributed by atoms with Crippen molar-refractivity contribution in [2.45, 2.75) is 58.5 Å². The minimum Gasteiger partial charge on any atom is -0.390 e. The van der Waals surface area contributed by atoms with Crippen LogP contribution in [-0.4, -0.2) is 10.7 Å². The minimum absolute atomic E-state index is 0.389. The molecule has 0 bridgehead atoms. The summed E-state index contributed by atoms with van der Waals surface area (Å²) in [7, 11) is 0. The molecule has 12 heavy (non-hydrogen) atoms. The van der Waals surface area contributed by atoms with Gasteiger partial charge >= 0.3 is 0 Å². The highest BCUT2D eigenvalue weighted by Gasteiger charge is 2.35. The molecule has 72 valence electrons. The van der Waals surface area contributed by atoms with Crippen molar-refractivity contribution in [3.05, 3.63) is 0 Å². The van der Waals surface area contributed by atoms with Crippen molar-refractivity contribution in [1.82, 2.24) is 0 Å². The molecule has 1 aliphatic rings. The summed E-state index contributed by atoms with van der Waals surface area (Å²) in [6.45, 7) is 6.25. The highest BCUT2D eigenvalue weighted by Crippen LogP contribution is 2.36. The average molecular weight is 170 g/mol. The van der Waals surface area contributed by atoms with E-state index in [9.17, 15) is 5.11 Å². The van der Waals surface area contributed by atoms with Crippen LogP contribution in [0.4, 0.5) is 0 Å². The first-order valence-electron chi connectivity index (χ1n) is 5.27. The molecule has 0 aromatic heterocycles. The van der Waals surface area contributed by atoms with Gasteiger partial charge in [0.05, 0.1) is 5.60 Å². The van der Waals surface area contributed by atoms with Gasteiger partial charge in [0.25, 0.3) is 0 Å². The van der Waals surface area contributed by atoms with E-state index in [-0.39, 0.29) is 0 Å². The summed E-state index contributed by atoms with van der Waals surface area (Å²) in [5.41, 5.74) is -0.430. The van der Waals surface area contributed by atoms with Crippen LogP contribution in [0.5, 0.6) is 0 Å². The fraction of sp³-hybridized carbons (Fsp3) is 1.00. The molecule has 1 saturated carbocycles. The molecule has 0 spiro atoms. The van der Waals surface area contributed by atoms with E-state index in [1.165, 1.54) is 32.1 Å². The van der Waals surface area contributed by atoms with E-state index in [0.717, 1.165) is 0 Å². The van der Waals surface area contributed by atoms with Crippen LogP contribution in [0.1, 0.15) is 52.9 Å². The van der Waals surface area contributed by atoms with Gasteiger partial charge in [-0.25, -0.2) is 0 Å². The third-order valence-electron chi connectivity index (χ3n) is 3.60. The second-order valence-corrected chi connectivity index (χ2v) is 4.72. The van der Waals surface area contributed by atoms with E-state index in [1.54, 1.807) is 0 Å². The molecular formula is C11H22O. The normalized spacial score (nSPS) is 25.8. The molecule has 0 aromatic carbocycles. The van der Waals surface area contributed by atoms with Crippen molar-refractivity contribution in [3.8, 4) is 0 Å². The van der Waals surface area contributed by atoms with E-state index in [1.807, 2.05) is 6.92 Å². The zero-order chi connectivity index (χ0) is 9.19. The Hall–Kier alpha value is -0.0400. The first kappa shape index (κ1) is 10.0. The van der Waals surface area contributed by atoms with Crippen LogP contribution in [-0.2, 0) is 0 Å². The SMILES string of the molecule is CC(C)[C@@](C)(O)C1CCCCC1. The van der Waals surface area contributed by atoms with Gasteiger partial charge in [0.15, 0.2) is 0 Å². The third kappa shape index (κ3) is 2.01. The number of rotatable bonds is 2. The molecule has 0 saturated heterocycles. The molecule has 0 heterocycles. The second kappa shape index (κ2) is 3.78. The van der Waals surface area contributed by atoms with Gasteiger partial charge in [-0.15, -0.1) is 0 Å². The van der Waals surface area contributed by atoms with Gasteiger partial charge < -0.3 is 5.11 Å². The number of hydrogen-bond acceptors (Lipinski definition) is 1. The maximum atomic E-state index is 10.2. The Morgan fingerprint density at radius 2 is 1.67 bits per heavy atom. The lowest BCUT2D eigenvalue weighted by Crippen LogP contribution is -2.40. The Morgan fingerprint density at radius 3 is 2.08 bits per heavy atom. The predicted molar refractivity (Wildman–Crippen MR) is 52.0 cm³/mol. The summed E-state index contributed by atoms with van der Waals surface area (Å²) < 4.78 is 0. The molecule has 0 amide bonds. The van der Waals surface area contributed by atoms with Crippen molar-refractivity contribution in [2.24, 2.45) is 11.8 Å². The lowest BCUT2D eigenvalue weighted by atomic mass is 9.73. The molecule has 1 rings (SSSR count). The van der Waals surface area contributed by atoms with Crippen LogP contribution in [0.15, 0.2) is 0 Å². The maximum Gasteiger partial charge on any atom is 0.0670 e. The number of aliphatic hydroxyl groups is 1. The van der Waals surface area contributed by atoms with Crippen LogP contribution in [0.25, 0.3) is 0 Å². The Morgan fingerprint density at radius 1 is 1.17 bits per heavy atom. The largest absolute Gasteiger partial charge is 0.390 e. The molecule has 0 aliphatic heterocycles. The van der Waals surface area contributed by atoms with Gasteiger partial charge in [-0.3, -0.25) is 0 Å². The molecule has 1 atom stereocenters. The molecule has 1 nitrogen and oxygen atoms in total. The van der Waals surface area contributed by atoms with E-state index >= 15 is 0 Å². The zero-order valence-corrected chi connectivity index (χ0v) is 8.64.